The maximum Gasteiger partial charge on any atom is 0.218 e. The van der Waals surface area contributed by atoms with Gasteiger partial charge in [0.05, 0.1) is 13.2 Å². The molecular weight excluding hydrogens is 184 g/mol. The Morgan fingerprint density at radius 3 is 2.00 bits per heavy atom. The zero-order valence-electron chi connectivity index (χ0n) is 8.99. The van der Waals surface area contributed by atoms with E-state index in [9.17, 15) is 4.79 Å². The molecule has 0 rings (SSSR count). The summed E-state index contributed by atoms with van der Waals surface area (Å²) >= 11 is 0. The molecule has 0 heterocycles. The summed E-state index contributed by atoms with van der Waals surface area (Å²) in [6, 6.07) is 0. The van der Waals surface area contributed by atoms with Crippen LogP contribution in [0.15, 0.2) is 0 Å². The Balaban J connectivity index is 3.65. The molecule has 1 amide bonds. The van der Waals surface area contributed by atoms with Gasteiger partial charge in [-0.15, -0.1) is 0 Å². The van der Waals surface area contributed by atoms with E-state index >= 15 is 0 Å². The molecule has 0 unspecified atom stereocenters. The van der Waals surface area contributed by atoms with E-state index in [4.69, 9.17) is 15.2 Å². The highest BCUT2D eigenvalue weighted by Gasteiger charge is 2.05. The second-order valence-corrected chi connectivity index (χ2v) is 3.04. The van der Waals surface area contributed by atoms with Crippen LogP contribution in [0.3, 0.4) is 0 Å². The predicted octanol–water partition coefficient (Wildman–Crippen LogP) is -0.543. The van der Waals surface area contributed by atoms with Crippen molar-refractivity contribution < 1.29 is 14.3 Å². The van der Waals surface area contributed by atoms with Crippen molar-refractivity contribution >= 4 is 5.91 Å². The van der Waals surface area contributed by atoms with Crippen LogP contribution in [0, 0.1) is 0 Å². The molecule has 0 aromatic heterocycles. The number of amides is 1. The van der Waals surface area contributed by atoms with E-state index in [2.05, 4.69) is 4.90 Å². The van der Waals surface area contributed by atoms with Crippen LogP contribution in [0.25, 0.3) is 0 Å². The van der Waals surface area contributed by atoms with Gasteiger partial charge in [-0.05, 0) is 0 Å². The Hall–Kier alpha value is -0.650. The maximum atomic E-state index is 10.6. The number of hydrogen-bond donors (Lipinski definition) is 1. The van der Waals surface area contributed by atoms with Crippen LogP contribution in [0.1, 0.15) is 6.42 Å². The van der Waals surface area contributed by atoms with Gasteiger partial charge in [0.2, 0.25) is 5.91 Å². The number of carbonyl (C=O) groups excluding carboxylic acids is 1. The van der Waals surface area contributed by atoms with Crippen molar-refractivity contribution in [3.63, 3.8) is 0 Å². The van der Waals surface area contributed by atoms with E-state index in [1.165, 1.54) is 0 Å². The summed E-state index contributed by atoms with van der Waals surface area (Å²) in [7, 11) is 3.31. The van der Waals surface area contributed by atoms with Gasteiger partial charge in [-0.2, -0.15) is 0 Å². The number of methoxy groups -OCH3 is 2. The van der Waals surface area contributed by atoms with E-state index in [1.54, 1.807) is 14.2 Å². The highest BCUT2D eigenvalue weighted by atomic mass is 16.5. The van der Waals surface area contributed by atoms with Gasteiger partial charge in [-0.1, -0.05) is 0 Å². The van der Waals surface area contributed by atoms with Crippen LogP contribution in [0.2, 0.25) is 0 Å². The summed E-state index contributed by atoms with van der Waals surface area (Å²) in [5, 5.41) is 0. The molecule has 2 N–H and O–H groups in total. The van der Waals surface area contributed by atoms with Crippen LogP contribution in [-0.4, -0.2) is 57.9 Å². The maximum absolute atomic E-state index is 10.6. The molecular formula is C9H20N2O3. The van der Waals surface area contributed by atoms with Gasteiger partial charge >= 0.3 is 0 Å². The Labute approximate surface area is 85.1 Å². The third-order valence-corrected chi connectivity index (χ3v) is 1.90. The number of primary amides is 1. The third-order valence-electron chi connectivity index (χ3n) is 1.90. The smallest absolute Gasteiger partial charge is 0.218 e. The molecule has 0 fully saturated rings. The van der Waals surface area contributed by atoms with Crippen LogP contribution >= 0.6 is 0 Å². The SMILES string of the molecule is COCCN(CCOC)CCC(N)=O. The average molecular weight is 204 g/mol. The first kappa shape index (κ1) is 13.4. The molecule has 0 aliphatic heterocycles. The minimum atomic E-state index is -0.273. The number of ether oxygens (including phenoxy) is 2. The van der Waals surface area contributed by atoms with Crippen LogP contribution < -0.4 is 5.73 Å². The lowest BCUT2D eigenvalue weighted by Gasteiger charge is -2.20. The summed E-state index contributed by atoms with van der Waals surface area (Å²) in [5.74, 6) is -0.273. The number of hydrogen-bond acceptors (Lipinski definition) is 4. The first-order valence-corrected chi connectivity index (χ1v) is 4.69. The lowest BCUT2D eigenvalue weighted by molar-refractivity contribution is -0.118. The fourth-order valence-electron chi connectivity index (χ4n) is 1.04. The minimum Gasteiger partial charge on any atom is -0.383 e. The zero-order chi connectivity index (χ0) is 10.8. The van der Waals surface area contributed by atoms with E-state index in [-0.39, 0.29) is 5.91 Å². The summed E-state index contributed by atoms with van der Waals surface area (Å²) in [5.41, 5.74) is 5.07. The largest absolute Gasteiger partial charge is 0.383 e. The fourth-order valence-corrected chi connectivity index (χ4v) is 1.04. The van der Waals surface area contributed by atoms with Crippen LogP contribution in [0.4, 0.5) is 0 Å². The van der Waals surface area contributed by atoms with Crippen molar-refractivity contribution in [2.24, 2.45) is 5.73 Å². The van der Waals surface area contributed by atoms with Crippen molar-refractivity contribution in [2.45, 2.75) is 6.42 Å². The summed E-state index contributed by atoms with van der Waals surface area (Å²) in [6.07, 6.45) is 0.382. The molecule has 5 heteroatoms. The number of nitrogens with two attached hydrogens (primary N) is 1. The molecule has 14 heavy (non-hydrogen) atoms. The van der Waals surface area contributed by atoms with Crippen molar-refractivity contribution in [1.29, 1.82) is 0 Å². The number of nitrogens with zero attached hydrogens (tertiary/aromatic N) is 1. The van der Waals surface area contributed by atoms with E-state index in [1.807, 2.05) is 0 Å². The second kappa shape index (κ2) is 8.93. The Bertz CT molecular complexity index is 145. The fraction of sp³-hybridized carbons (Fsp3) is 0.889. The van der Waals surface area contributed by atoms with Gasteiger partial charge in [0.15, 0.2) is 0 Å². The van der Waals surface area contributed by atoms with Crippen LogP contribution in [-0.2, 0) is 14.3 Å². The molecule has 0 radical (unpaired) electrons. The molecule has 0 bridgehead atoms. The number of rotatable bonds is 9. The van der Waals surface area contributed by atoms with E-state index in [0.717, 1.165) is 13.1 Å². The molecule has 84 valence electrons. The predicted molar refractivity (Wildman–Crippen MR) is 54.0 cm³/mol. The standard InChI is InChI=1S/C9H20N2O3/c1-13-7-5-11(6-8-14-2)4-3-9(10)12/h3-8H2,1-2H3,(H2,10,12). The summed E-state index contributed by atoms with van der Waals surface area (Å²) in [4.78, 5) is 12.7. The Morgan fingerprint density at radius 1 is 1.14 bits per heavy atom. The Morgan fingerprint density at radius 2 is 1.64 bits per heavy atom. The molecule has 0 spiro atoms. The van der Waals surface area contributed by atoms with E-state index < -0.39 is 0 Å². The summed E-state index contributed by atoms with van der Waals surface area (Å²) < 4.78 is 9.92. The molecule has 0 aromatic rings. The van der Waals surface area contributed by atoms with Gasteiger partial charge in [-0.25, -0.2) is 0 Å². The quantitative estimate of drug-likeness (QED) is 0.547. The molecule has 0 aliphatic carbocycles. The van der Waals surface area contributed by atoms with E-state index in [0.29, 0.717) is 26.2 Å². The van der Waals surface area contributed by atoms with Gasteiger partial charge in [0.25, 0.3) is 0 Å². The molecule has 0 aromatic carbocycles. The van der Waals surface area contributed by atoms with Crippen molar-refractivity contribution in [3.05, 3.63) is 0 Å². The van der Waals surface area contributed by atoms with Crippen molar-refractivity contribution in [3.8, 4) is 0 Å². The lowest BCUT2D eigenvalue weighted by Crippen LogP contribution is -2.33. The van der Waals surface area contributed by atoms with Crippen molar-refractivity contribution in [2.75, 3.05) is 47.1 Å². The van der Waals surface area contributed by atoms with Gasteiger partial charge in [0.1, 0.15) is 0 Å². The highest BCUT2D eigenvalue weighted by Crippen LogP contribution is 1.91. The topological polar surface area (TPSA) is 64.8 Å². The first-order valence-electron chi connectivity index (χ1n) is 4.69. The molecule has 0 saturated heterocycles. The zero-order valence-corrected chi connectivity index (χ0v) is 8.99. The van der Waals surface area contributed by atoms with Gasteiger partial charge in [-0.3, -0.25) is 9.69 Å². The monoisotopic (exact) mass is 204 g/mol. The molecule has 0 atom stereocenters. The first-order chi connectivity index (χ1) is 6.70. The van der Waals surface area contributed by atoms with Gasteiger partial charge < -0.3 is 15.2 Å². The third kappa shape index (κ3) is 7.97. The molecule has 5 nitrogen and oxygen atoms in total. The van der Waals surface area contributed by atoms with Gasteiger partial charge in [0, 0.05) is 40.3 Å². The summed E-state index contributed by atoms with van der Waals surface area (Å²) in [6.45, 7) is 3.58. The second-order valence-electron chi connectivity index (χ2n) is 3.04. The van der Waals surface area contributed by atoms with Crippen LogP contribution in [0.5, 0.6) is 0 Å². The average Bonchev–Trinajstić information content (AvgIpc) is 2.16. The Kier molecular flexibility index (Phi) is 8.51. The normalized spacial score (nSPS) is 10.8. The minimum absolute atomic E-state index is 0.273. The lowest BCUT2D eigenvalue weighted by atomic mass is 10.3. The highest BCUT2D eigenvalue weighted by molar-refractivity contribution is 5.73. The number of carbonyl (C=O) groups is 1. The molecule has 0 saturated carbocycles. The van der Waals surface area contributed by atoms with Crippen molar-refractivity contribution in [1.82, 2.24) is 4.90 Å². The molecule has 0 aliphatic rings.